The van der Waals surface area contributed by atoms with Crippen LogP contribution >= 0.6 is 0 Å². The summed E-state index contributed by atoms with van der Waals surface area (Å²) in [4.78, 5) is 0. The SMILES string of the molecule is CCCC(N)C(O)C(C)C. The van der Waals surface area contributed by atoms with Gasteiger partial charge in [0.2, 0.25) is 0 Å². The number of nitrogens with two attached hydrogens (primary N) is 1. The first kappa shape index (κ1) is 9.92. The van der Waals surface area contributed by atoms with Gasteiger partial charge in [0, 0.05) is 6.04 Å². The third-order valence-corrected chi connectivity index (χ3v) is 1.74. The zero-order chi connectivity index (χ0) is 8.15. The van der Waals surface area contributed by atoms with Gasteiger partial charge in [0.1, 0.15) is 0 Å². The molecule has 0 radical (unpaired) electrons. The summed E-state index contributed by atoms with van der Waals surface area (Å²) < 4.78 is 0. The van der Waals surface area contributed by atoms with E-state index >= 15 is 0 Å². The molecule has 0 aromatic heterocycles. The van der Waals surface area contributed by atoms with Crippen LogP contribution in [-0.2, 0) is 0 Å². The Bertz CT molecular complexity index is 83.3. The fourth-order valence-corrected chi connectivity index (χ4v) is 0.998. The zero-order valence-electron chi connectivity index (χ0n) is 7.17. The van der Waals surface area contributed by atoms with Gasteiger partial charge in [0.25, 0.3) is 0 Å². The van der Waals surface area contributed by atoms with Crippen LogP contribution in [0.15, 0.2) is 0 Å². The molecule has 62 valence electrons. The van der Waals surface area contributed by atoms with Gasteiger partial charge in [0.15, 0.2) is 0 Å². The second kappa shape index (κ2) is 4.69. The van der Waals surface area contributed by atoms with Crippen molar-refractivity contribution in [2.45, 2.75) is 45.8 Å². The monoisotopic (exact) mass is 145 g/mol. The van der Waals surface area contributed by atoms with Crippen molar-refractivity contribution in [2.75, 3.05) is 0 Å². The summed E-state index contributed by atoms with van der Waals surface area (Å²) in [6, 6.07) is -0.0370. The average molecular weight is 145 g/mol. The van der Waals surface area contributed by atoms with E-state index in [0.29, 0.717) is 0 Å². The van der Waals surface area contributed by atoms with E-state index in [1.54, 1.807) is 0 Å². The molecule has 0 saturated heterocycles. The lowest BCUT2D eigenvalue weighted by molar-refractivity contribution is 0.0944. The van der Waals surface area contributed by atoms with Crippen LogP contribution in [-0.4, -0.2) is 17.3 Å². The van der Waals surface area contributed by atoms with Crippen molar-refractivity contribution in [3.8, 4) is 0 Å². The molecule has 0 aliphatic heterocycles. The Morgan fingerprint density at radius 3 is 2.20 bits per heavy atom. The molecule has 10 heavy (non-hydrogen) atoms. The number of hydrogen-bond donors (Lipinski definition) is 2. The van der Waals surface area contributed by atoms with Gasteiger partial charge in [-0.25, -0.2) is 0 Å². The van der Waals surface area contributed by atoms with Crippen LogP contribution in [0.5, 0.6) is 0 Å². The normalized spacial score (nSPS) is 17.4. The minimum Gasteiger partial charge on any atom is -0.391 e. The van der Waals surface area contributed by atoms with Crippen LogP contribution in [0, 0.1) is 5.92 Å². The average Bonchev–Trinajstić information content (AvgIpc) is 1.87. The molecule has 2 nitrogen and oxygen atoms in total. The molecular weight excluding hydrogens is 126 g/mol. The second-order valence-corrected chi connectivity index (χ2v) is 3.19. The summed E-state index contributed by atoms with van der Waals surface area (Å²) in [7, 11) is 0. The maximum atomic E-state index is 9.40. The minimum absolute atomic E-state index is 0.0370. The first-order valence-corrected chi connectivity index (χ1v) is 4.03. The fraction of sp³-hybridized carbons (Fsp3) is 1.00. The Morgan fingerprint density at radius 2 is 1.90 bits per heavy atom. The van der Waals surface area contributed by atoms with E-state index in [-0.39, 0.29) is 18.1 Å². The van der Waals surface area contributed by atoms with Crippen molar-refractivity contribution >= 4 is 0 Å². The van der Waals surface area contributed by atoms with Crippen LogP contribution < -0.4 is 5.73 Å². The first-order chi connectivity index (χ1) is 4.59. The van der Waals surface area contributed by atoms with E-state index in [2.05, 4.69) is 6.92 Å². The molecule has 2 unspecified atom stereocenters. The Hall–Kier alpha value is -0.0800. The summed E-state index contributed by atoms with van der Waals surface area (Å²) in [5, 5.41) is 9.40. The lowest BCUT2D eigenvalue weighted by Gasteiger charge is -2.21. The van der Waals surface area contributed by atoms with Crippen molar-refractivity contribution in [1.29, 1.82) is 0 Å². The van der Waals surface area contributed by atoms with Gasteiger partial charge < -0.3 is 10.8 Å². The molecule has 0 spiro atoms. The highest BCUT2D eigenvalue weighted by atomic mass is 16.3. The summed E-state index contributed by atoms with van der Waals surface area (Å²) in [6.45, 7) is 6.05. The fourth-order valence-electron chi connectivity index (χ4n) is 0.998. The molecule has 0 bridgehead atoms. The van der Waals surface area contributed by atoms with E-state index in [1.807, 2.05) is 13.8 Å². The Balaban J connectivity index is 3.58. The van der Waals surface area contributed by atoms with Crippen LogP contribution in [0.1, 0.15) is 33.6 Å². The highest BCUT2D eigenvalue weighted by Crippen LogP contribution is 2.08. The molecular formula is C8H19NO. The van der Waals surface area contributed by atoms with E-state index in [9.17, 15) is 5.11 Å². The van der Waals surface area contributed by atoms with Crippen LogP contribution in [0.3, 0.4) is 0 Å². The summed E-state index contributed by atoms with van der Waals surface area (Å²) in [5.41, 5.74) is 5.68. The summed E-state index contributed by atoms with van der Waals surface area (Å²) in [6.07, 6.45) is 1.63. The van der Waals surface area contributed by atoms with E-state index in [4.69, 9.17) is 5.73 Å². The molecule has 0 rings (SSSR count). The quantitative estimate of drug-likeness (QED) is 0.623. The van der Waals surface area contributed by atoms with Gasteiger partial charge in [-0.05, 0) is 12.3 Å². The van der Waals surface area contributed by atoms with Gasteiger partial charge in [-0.1, -0.05) is 27.2 Å². The molecule has 3 N–H and O–H groups in total. The minimum atomic E-state index is -0.333. The molecule has 2 heteroatoms. The largest absolute Gasteiger partial charge is 0.391 e. The standard InChI is InChI=1S/C8H19NO/c1-4-5-7(9)8(10)6(2)3/h6-8,10H,4-5,9H2,1-3H3. The van der Waals surface area contributed by atoms with Crippen LogP contribution in [0.4, 0.5) is 0 Å². The van der Waals surface area contributed by atoms with Crippen molar-refractivity contribution < 1.29 is 5.11 Å². The van der Waals surface area contributed by atoms with Crippen molar-refractivity contribution in [2.24, 2.45) is 11.7 Å². The zero-order valence-corrected chi connectivity index (χ0v) is 7.17. The van der Waals surface area contributed by atoms with E-state index < -0.39 is 0 Å². The van der Waals surface area contributed by atoms with E-state index in [0.717, 1.165) is 12.8 Å². The first-order valence-electron chi connectivity index (χ1n) is 4.03. The Morgan fingerprint density at radius 1 is 1.40 bits per heavy atom. The third kappa shape index (κ3) is 3.18. The van der Waals surface area contributed by atoms with Crippen LogP contribution in [0.25, 0.3) is 0 Å². The predicted molar refractivity (Wildman–Crippen MR) is 43.7 cm³/mol. The maximum absolute atomic E-state index is 9.40. The van der Waals surface area contributed by atoms with Gasteiger partial charge in [-0.3, -0.25) is 0 Å². The molecule has 0 aromatic carbocycles. The smallest absolute Gasteiger partial charge is 0.0713 e. The summed E-state index contributed by atoms with van der Waals surface area (Å²) in [5.74, 6) is 0.279. The van der Waals surface area contributed by atoms with Crippen LogP contribution in [0.2, 0.25) is 0 Å². The molecule has 0 saturated carbocycles. The number of hydrogen-bond acceptors (Lipinski definition) is 2. The number of rotatable bonds is 4. The maximum Gasteiger partial charge on any atom is 0.0713 e. The lowest BCUT2D eigenvalue weighted by Crippen LogP contribution is -2.37. The van der Waals surface area contributed by atoms with Gasteiger partial charge in [-0.15, -0.1) is 0 Å². The predicted octanol–water partition coefficient (Wildman–Crippen LogP) is 1.13. The number of aliphatic hydroxyl groups is 1. The molecule has 0 aliphatic rings. The Labute approximate surface area is 63.4 Å². The number of aliphatic hydroxyl groups excluding tert-OH is 1. The second-order valence-electron chi connectivity index (χ2n) is 3.19. The van der Waals surface area contributed by atoms with Gasteiger partial charge in [0.05, 0.1) is 6.10 Å². The van der Waals surface area contributed by atoms with Crippen molar-refractivity contribution in [3.63, 3.8) is 0 Å². The van der Waals surface area contributed by atoms with Crippen molar-refractivity contribution in [1.82, 2.24) is 0 Å². The van der Waals surface area contributed by atoms with Gasteiger partial charge in [-0.2, -0.15) is 0 Å². The molecule has 0 aromatic rings. The highest BCUT2D eigenvalue weighted by molar-refractivity contribution is 4.73. The highest BCUT2D eigenvalue weighted by Gasteiger charge is 2.16. The lowest BCUT2D eigenvalue weighted by atomic mass is 9.97. The molecule has 0 aliphatic carbocycles. The molecule has 0 amide bonds. The van der Waals surface area contributed by atoms with Crippen molar-refractivity contribution in [3.05, 3.63) is 0 Å². The molecule has 0 heterocycles. The molecule has 0 fully saturated rings. The van der Waals surface area contributed by atoms with E-state index in [1.165, 1.54) is 0 Å². The molecule has 2 atom stereocenters. The Kier molecular flexibility index (Phi) is 4.65. The third-order valence-electron chi connectivity index (χ3n) is 1.74. The topological polar surface area (TPSA) is 46.2 Å². The summed E-state index contributed by atoms with van der Waals surface area (Å²) >= 11 is 0. The van der Waals surface area contributed by atoms with Gasteiger partial charge >= 0.3 is 0 Å².